The van der Waals surface area contributed by atoms with Crippen LogP contribution in [0, 0.1) is 0 Å². The van der Waals surface area contributed by atoms with Crippen LogP contribution in [0.1, 0.15) is 44.8 Å². The zero-order valence-corrected chi connectivity index (χ0v) is 25.0. The van der Waals surface area contributed by atoms with E-state index in [9.17, 15) is 19.2 Å². The quantitative estimate of drug-likeness (QED) is 0.145. The fourth-order valence-electron chi connectivity index (χ4n) is 4.60. The SMILES string of the molecule is COC(=O)c1ccc(CC(=O)C(Cc2ccc(Br)cc2)n2cc(OC)c(-c3cc(Cl)ccc3C(C)=O)cc2=O)cc1. The molecule has 4 rings (SSSR count). The standard InChI is InChI=1S/C32H27BrClNO6/c1-19(36)25-13-12-24(34)16-26(25)27-17-31(38)35(18-30(27)40-2)28(14-20-6-10-23(33)11-7-20)29(37)15-21-4-8-22(9-5-21)32(39)41-3/h4-13,16-18,28H,14-15H2,1-3H3. The number of rotatable bonds is 10. The van der Waals surface area contributed by atoms with Crippen molar-refractivity contribution in [2.75, 3.05) is 14.2 Å². The second-order valence-corrected chi connectivity index (χ2v) is 10.8. The lowest BCUT2D eigenvalue weighted by Crippen LogP contribution is -2.32. The Bertz CT molecular complexity index is 1660. The van der Waals surface area contributed by atoms with Gasteiger partial charge in [-0.15, -0.1) is 0 Å². The number of aromatic nitrogens is 1. The molecule has 0 fully saturated rings. The molecule has 210 valence electrons. The van der Waals surface area contributed by atoms with Gasteiger partial charge in [0.2, 0.25) is 0 Å². The summed E-state index contributed by atoms with van der Waals surface area (Å²) in [6.45, 7) is 1.44. The van der Waals surface area contributed by atoms with Crippen LogP contribution in [0.15, 0.2) is 88.3 Å². The van der Waals surface area contributed by atoms with Crippen LogP contribution in [0.4, 0.5) is 0 Å². The van der Waals surface area contributed by atoms with Gasteiger partial charge in [-0.25, -0.2) is 4.79 Å². The summed E-state index contributed by atoms with van der Waals surface area (Å²) in [5.74, 6) is -0.556. The molecule has 0 aliphatic heterocycles. The summed E-state index contributed by atoms with van der Waals surface area (Å²) in [6, 6.07) is 19.4. The molecule has 1 atom stereocenters. The van der Waals surface area contributed by atoms with Gasteiger partial charge >= 0.3 is 5.97 Å². The number of esters is 1. The third-order valence-electron chi connectivity index (χ3n) is 6.72. The molecule has 0 bridgehead atoms. The molecule has 0 saturated heterocycles. The van der Waals surface area contributed by atoms with Crippen molar-refractivity contribution in [2.24, 2.45) is 0 Å². The zero-order valence-electron chi connectivity index (χ0n) is 22.6. The van der Waals surface area contributed by atoms with Crippen molar-refractivity contribution >= 4 is 45.1 Å². The van der Waals surface area contributed by atoms with E-state index in [0.29, 0.717) is 38.6 Å². The van der Waals surface area contributed by atoms with Crippen molar-refractivity contribution in [3.63, 3.8) is 0 Å². The Hall–Kier alpha value is -4.01. The number of carbonyl (C=O) groups excluding carboxylic acids is 3. The molecule has 7 nitrogen and oxygen atoms in total. The van der Waals surface area contributed by atoms with Gasteiger partial charge in [0.15, 0.2) is 11.6 Å². The number of hydrogen-bond donors (Lipinski definition) is 0. The van der Waals surface area contributed by atoms with Crippen molar-refractivity contribution in [3.05, 3.63) is 121 Å². The number of carbonyl (C=O) groups is 3. The van der Waals surface area contributed by atoms with E-state index in [2.05, 4.69) is 15.9 Å². The van der Waals surface area contributed by atoms with Gasteiger partial charge in [0.05, 0.1) is 32.0 Å². The van der Waals surface area contributed by atoms with Gasteiger partial charge in [-0.3, -0.25) is 14.4 Å². The highest BCUT2D eigenvalue weighted by atomic mass is 79.9. The highest BCUT2D eigenvalue weighted by Gasteiger charge is 2.25. The zero-order chi connectivity index (χ0) is 29.7. The highest BCUT2D eigenvalue weighted by molar-refractivity contribution is 9.10. The van der Waals surface area contributed by atoms with E-state index in [0.717, 1.165) is 10.0 Å². The van der Waals surface area contributed by atoms with Gasteiger partial charge in [-0.05, 0) is 66.1 Å². The maximum absolute atomic E-state index is 13.8. The van der Waals surface area contributed by atoms with Crippen molar-refractivity contribution in [1.82, 2.24) is 4.57 Å². The molecule has 1 aromatic heterocycles. The van der Waals surface area contributed by atoms with Crippen LogP contribution in [0.3, 0.4) is 0 Å². The maximum atomic E-state index is 13.8. The highest BCUT2D eigenvalue weighted by Crippen LogP contribution is 2.34. The number of methoxy groups -OCH3 is 2. The maximum Gasteiger partial charge on any atom is 0.337 e. The molecule has 9 heteroatoms. The molecule has 0 aliphatic carbocycles. The van der Waals surface area contributed by atoms with Crippen molar-refractivity contribution < 1.29 is 23.9 Å². The molecule has 0 radical (unpaired) electrons. The fraction of sp³-hybridized carbons (Fsp3) is 0.188. The molecule has 1 heterocycles. The minimum atomic E-state index is -0.862. The molecule has 0 aliphatic rings. The van der Waals surface area contributed by atoms with Crippen LogP contribution in [0.2, 0.25) is 5.02 Å². The first-order valence-electron chi connectivity index (χ1n) is 12.7. The minimum absolute atomic E-state index is 0.0297. The van der Waals surface area contributed by atoms with E-state index in [1.807, 2.05) is 24.3 Å². The van der Waals surface area contributed by atoms with E-state index in [1.54, 1.807) is 42.5 Å². The topological polar surface area (TPSA) is 91.7 Å². The number of halogens is 2. The average molecular weight is 637 g/mol. The van der Waals surface area contributed by atoms with Crippen molar-refractivity contribution in [3.8, 4) is 16.9 Å². The van der Waals surface area contributed by atoms with Crippen LogP contribution in [-0.4, -0.2) is 36.3 Å². The molecule has 1 unspecified atom stereocenters. The van der Waals surface area contributed by atoms with Crippen molar-refractivity contribution in [2.45, 2.75) is 25.8 Å². The number of Topliss-reactive ketones (excluding diaryl/α,β-unsaturated/α-hetero) is 2. The average Bonchev–Trinajstić information content (AvgIpc) is 2.96. The van der Waals surface area contributed by atoms with Gasteiger partial charge in [0.1, 0.15) is 5.75 Å². The first-order chi connectivity index (χ1) is 19.6. The number of ketones is 2. The van der Waals surface area contributed by atoms with E-state index in [4.69, 9.17) is 21.1 Å². The van der Waals surface area contributed by atoms with Gasteiger partial charge in [-0.1, -0.05) is 51.8 Å². The number of benzene rings is 3. The van der Waals surface area contributed by atoms with Crippen LogP contribution >= 0.6 is 27.5 Å². The van der Waals surface area contributed by atoms with Crippen LogP contribution in [0.25, 0.3) is 11.1 Å². The van der Waals surface area contributed by atoms with E-state index in [1.165, 1.54) is 38.0 Å². The summed E-state index contributed by atoms with van der Waals surface area (Å²) in [5, 5.41) is 0.401. The summed E-state index contributed by atoms with van der Waals surface area (Å²) in [4.78, 5) is 51.6. The Kier molecular flexibility index (Phi) is 9.57. The molecular weight excluding hydrogens is 610 g/mol. The lowest BCUT2D eigenvalue weighted by Gasteiger charge is -2.22. The number of hydrogen-bond acceptors (Lipinski definition) is 6. The molecule has 41 heavy (non-hydrogen) atoms. The van der Waals surface area contributed by atoms with E-state index < -0.39 is 17.6 Å². The number of nitrogens with zero attached hydrogens (tertiary/aromatic N) is 1. The normalized spacial score (nSPS) is 11.5. The Morgan fingerprint density at radius 2 is 1.56 bits per heavy atom. The van der Waals surface area contributed by atoms with Gasteiger partial charge in [0.25, 0.3) is 5.56 Å². The monoisotopic (exact) mass is 635 g/mol. The van der Waals surface area contributed by atoms with Crippen LogP contribution in [-0.2, 0) is 22.4 Å². The molecule has 0 amide bonds. The Labute approximate surface area is 250 Å². The summed E-state index contributed by atoms with van der Waals surface area (Å²) in [5.41, 5.74) is 2.73. The Morgan fingerprint density at radius 1 is 0.902 bits per heavy atom. The van der Waals surface area contributed by atoms with Crippen LogP contribution in [0.5, 0.6) is 5.75 Å². The van der Waals surface area contributed by atoms with Crippen molar-refractivity contribution in [1.29, 1.82) is 0 Å². The summed E-state index contributed by atoms with van der Waals surface area (Å²) in [6.07, 6.45) is 1.79. The predicted octanol–water partition coefficient (Wildman–Crippen LogP) is 6.52. The lowest BCUT2D eigenvalue weighted by atomic mass is 9.95. The number of pyridine rings is 1. The Balaban J connectivity index is 1.78. The molecule has 3 aromatic carbocycles. The smallest absolute Gasteiger partial charge is 0.337 e. The number of ether oxygens (including phenoxy) is 2. The Morgan fingerprint density at radius 3 is 2.17 bits per heavy atom. The first-order valence-corrected chi connectivity index (χ1v) is 13.8. The molecular formula is C32H27BrClNO6. The fourth-order valence-corrected chi connectivity index (χ4v) is 5.03. The second-order valence-electron chi connectivity index (χ2n) is 9.43. The summed E-state index contributed by atoms with van der Waals surface area (Å²) < 4.78 is 12.7. The summed E-state index contributed by atoms with van der Waals surface area (Å²) >= 11 is 9.66. The third kappa shape index (κ3) is 7.01. The van der Waals surface area contributed by atoms with E-state index in [-0.39, 0.29) is 24.4 Å². The molecule has 0 saturated carbocycles. The molecule has 0 spiro atoms. The first kappa shape index (κ1) is 30.0. The molecule has 4 aromatic rings. The van der Waals surface area contributed by atoms with E-state index >= 15 is 0 Å². The predicted molar refractivity (Wildman–Crippen MR) is 161 cm³/mol. The summed E-state index contributed by atoms with van der Waals surface area (Å²) in [7, 11) is 2.76. The van der Waals surface area contributed by atoms with Gasteiger partial charge < -0.3 is 14.0 Å². The second kappa shape index (κ2) is 13.1. The van der Waals surface area contributed by atoms with Crippen LogP contribution < -0.4 is 10.3 Å². The third-order valence-corrected chi connectivity index (χ3v) is 7.48. The van der Waals surface area contributed by atoms with Gasteiger partial charge in [0, 0.05) is 39.5 Å². The largest absolute Gasteiger partial charge is 0.495 e. The molecule has 0 N–H and O–H groups in total. The van der Waals surface area contributed by atoms with Gasteiger partial charge in [-0.2, -0.15) is 0 Å². The minimum Gasteiger partial charge on any atom is -0.495 e. The lowest BCUT2D eigenvalue weighted by molar-refractivity contribution is -0.121.